The summed E-state index contributed by atoms with van der Waals surface area (Å²) < 4.78 is 1.99. The van der Waals surface area contributed by atoms with Gasteiger partial charge in [0.15, 0.2) is 0 Å². The van der Waals surface area contributed by atoms with Crippen molar-refractivity contribution in [3.05, 3.63) is 47.0 Å². The van der Waals surface area contributed by atoms with Crippen molar-refractivity contribution in [3.63, 3.8) is 0 Å². The van der Waals surface area contributed by atoms with Crippen molar-refractivity contribution < 1.29 is 0 Å². The normalized spacial score (nSPS) is 10.4. The molecule has 2 aromatic rings. The van der Waals surface area contributed by atoms with Crippen LogP contribution in [0.3, 0.4) is 0 Å². The molecule has 100 valence electrons. The van der Waals surface area contributed by atoms with Gasteiger partial charge in [-0.05, 0) is 12.1 Å². The molecule has 0 spiro atoms. The average molecular weight is 295 g/mol. The number of hydrogen-bond donors (Lipinski definition) is 2. The standard InChI is InChI=1S/C13H15ClN4S/c1-18-8-7-17-11(18)5-6-16-10-4-2-3-9(14)12(10)13(15)19/h2-4,7-8,16H,5-6H2,1H3,(H2,15,19). The molecule has 0 saturated heterocycles. The maximum atomic E-state index is 6.10. The van der Waals surface area contributed by atoms with Gasteiger partial charge < -0.3 is 15.6 Å². The zero-order chi connectivity index (χ0) is 13.8. The van der Waals surface area contributed by atoms with Crippen LogP contribution in [0.25, 0.3) is 0 Å². The van der Waals surface area contributed by atoms with E-state index in [2.05, 4.69) is 10.3 Å². The first kappa shape index (κ1) is 13.8. The largest absolute Gasteiger partial charge is 0.389 e. The molecule has 1 aromatic carbocycles. The molecular weight excluding hydrogens is 280 g/mol. The van der Waals surface area contributed by atoms with E-state index in [0.717, 1.165) is 24.5 Å². The zero-order valence-electron chi connectivity index (χ0n) is 10.6. The molecule has 4 nitrogen and oxygen atoms in total. The number of benzene rings is 1. The van der Waals surface area contributed by atoms with E-state index in [0.29, 0.717) is 15.6 Å². The van der Waals surface area contributed by atoms with Crippen LogP contribution in [0, 0.1) is 0 Å². The second kappa shape index (κ2) is 6.04. The number of imidazole rings is 1. The summed E-state index contributed by atoms with van der Waals surface area (Å²) >= 11 is 11.1. The van der Waals surface area contributed by atoms with E-state index in [1.165, 1.54) is 0 Å². The fourth-order valence-electron chi connectivity index (χ4n) is 1.87. The Kier molecular flexibility index (Phi) is 4.39. The predicted molar refractivity (Wildman–Crippen MR) is 82.7 cm³/mol. The molecule has 0 atom stereocenters. The second-order valence-electron chi connectivity index (χ2n) is 4.16. The van der Waals surface area contributed by atoms with Gasteiger partial charge in [0, 0.05) is 38.1 Å². The van der Waals surface area contributed by atoms with Crippen LogP contribution >= 0.6 is 23.8 Å². The van der Waals surface area contributed by atoms with Gasteiger partial charge in [-0.3, -0.25) is 0 Å². The summed E-state index contributed by atoms with van der Waals surface area (Å²) in [6, 6.07) is 5.56. The summed E-state index contributed by atoms with van der Waals surface area (Å²) in [6.45, 7) is 0.737. The van der Waals surface area contributed by atoms with E-state index < -0.39 is 0 Å². The number of anilines is 1. The molecule has 2 rings (SSSR count). The Labute approximate surface area is 122 Å². The maximum Gasteiger partial charge on any atom is 0.110 e. The van der Waals surface area contributed by atoms with Crippen LogP contribution in [0.4, 0.5) is 5.69 Å². The van der Waals surface area contributed by atoms with Crippen molar-refractivity contribution in [2.24, 2.45) is 12.8 Å². The smallest absolute Gasteiger partial charge is 0.110 e. The van der Waals surface area contributed by atoms with Gasteiger partial charge in [-0.25, -0.2) is 4.98 Å². The van der Waals surface area contributed by atoms with E-state index >= 15 is 0 Å². The Morgan fingerprint density at radius 2 is 2.32 bits per heavy atom. The Balaban J connectivity index is 2.06. The highest BCUT2D eigenvalue weighted by atomic mass is 35.5. The Bertz CT molecular complexity index is 594. The number of hydrogen-bond acceptors (Lipinski definition) is 3. The molecule has 0 aliphatic rings. The third-order valence-corrected chi connectivity index (χ3v) is 3.36. The molecule has 0 bridgehead atoms. The van der Waals surface area contributed by atoms with Crippen molar-refractivity contribution in [1.82, 2.24) is 9.55 Å². The van der Waals surface area contributed by atoms with Crippen molar-refractivity contribution >= 4 is 34.5 Å². The van der Waals surface area contributed by atoms with Crippen LogP contribution < -0.4 is 11.1 Å². The van der Waals surface area contributed by atoms with Crippen molar-refractivity contribution in [1.29, 1.82) is 0 Å². The van der Waals surface area contributed by atoms with Gasteiger partial charge in [-0.2, -0.15) is 0 Å². The quantitative estimate of drug-likeness (QED) is 0.831. The van der Waals surface area contributed by atoms with Crippen molar-refractivity contribution in [2.75, 3.05) is 11.9 Å². The van der Waals surface area contributed by atoms with Crippen LogP contribution in [0.15, 0.2) is 30.6 Å². The summed E-state index contributed by atoms with van der Waals surface area (Å²) in [5.41, 5.74) is 7.25. The minimum atomic E-state index is 0.296. The molecule has 3 N–H and O–H groups in total. The summed E-state index contributed by atoms with van der Waals surface area (Å²) in [7, 11) is 1.97. The highest BCUT2D eigenvalue weighted by Crippen LogP contribution is 2.24. The first-order chi connectivity index (χ1) is 9.09. The fourth-order valence-corrected chi connectivity index (χ4v) is 2.42. The Hall–Kier alpha value is -1.59. The Morgan fingerprint density at radius 3 is 2.95 bits per heavy atom. The van der Waals surface area contributed by atoms with Gasteiger partial charge in [0.1, 0.15) is 10.8 Å². The molecular formula is C13H15ClN4S. The van der Waals surface area contributed by atoms with Crippen LogP contribution in [0.5, 0.6) is 0 Å². The van der Waals surface area contributed by atoms with Gasteiger partial charge in [0.25, 0.3) is 0 Å². The second-order valence-corrected chi connectivity index (χ2v) is 5.00. The molecule has 1 aromatic heterocycles. The lowest BCUT2D eigenvalue weighted by molar-refractivity contribution is 0.789. The first-order valence-corrected chi connectivity index (χ1v) is 6.66. The zero-order valence-corrected chi connectivity index (χ0v) is 12.1. The number of nitrogens with zero attached hydrogens (tertiary/aromatic N) is 2. The van der Waals surface area contributed by atoms with Crippen LogP contribution in [-0.2, 0) is 13.5 Å². The van der Waals surface area contributed by atoms with E-state index in [9.17, 15) is 0 Å². The monoisotopic (exact) mass is 294 g/mol. The van der Waals surface area contributed by atoms with E-state index in [1.54, 1.807) is 12.3 Å². The van der Waals surface area contributed by atoms with Crippen molar-refractivity contribution in [2.45, 2.75) is 6.42 Å². The molecule has 0 saturated carbocycles. The summed E-state index contributed by atoms with van der Waals surface area (Å²) in [5.74, 6) is 1.02. The molecule has 6 heteroatoms. The maximum absolute atomic E-state index is 6.10. The molecule has 1 heterocycles. The number of nitrogens with two attached hydrogens (primary N) is 1. The highest BCUT2D eigenvalue weighted by Gasteiger charge is 2.09. The molecule has 0 aliphatic carbocycles. The molecule has 0 unspecified atom stereocenters. The lowest BCUT2D eigenvalue weighted by Crippen LogP contribution is -2.15. The number of aryl methyl sites for hydroxylation is 1. The van der Waals surface area contributed by atoms with Crippen molar-refractivity contribution in [3.8, 4) is 0 Å². The summed E-state index contributed by atoms with van der Waals surface area (Å²) in [5, 5.41) is 3.86. The number of halogens is 1. The topological polar surface area (TPSA) is 55.9 Å². The number of aromatic nitrogens is 2. The predicted octanol–water partition coefficient (Wildman–Crippen LogP) is 2.36. The third-order valence-electron chi connectivity index (χ3n) is 2.85. The van der Waals surface area contributed by atoms with Crippen LogP contribution in [0.1, 0.15) is 11.4 Å². The molecule has 19 heavy (non-hydrogen) atoms. The first-order valence-electron chi connectivity index (χ1n) is 5.88. The van der Waals surface area contributed by atoms with Crippen LogP contribution in [-0.4, -0.2) is 21.1 Å². The lowest BCUT2D eigenvalue weighted by atomic mass is 10.1. The minimum Gasteiger partial charge on any atom is -0.389 e. The van der Waals surface area contributed by atoms with Gasteiger partial charge in [0.05, 0.1) is 10.6 Å². The SMILES string of the molecule is Cn1ccnc1CCNc1cccc(Cl)c1C(N)=S. The average Bonchev–Trinajstić information content (AvgIpc) is 2.75. The fraction of sp³-hybridized carbons (Fsp3) is 0.231. The van der Waals surface area contributed by atoms with Gasteiger partial charge in [-0.1, -0.05) is 29.9 Å². The lowest BCUT2D eigenvalue weighted by Gasteiger charge is -2.12. The molecule has 0 radical (unpaired) electrons. The van der Waals surface area contributed by atoms with E-state index in [-0.39, 0.29) is 0 Å². The van der Waals surface area contributed by atoms with Gasteiger partial charge in [-0.15, -0.1) is 0 Å². The number of rotatable bonds is 5. The van der Waals surface area contributed by atoms with Gasteiger partial charge >= 0.3 is 0 Å². The summed E-state index contributed by atoms with van der Waals surface area (Å²) in [4.78, 5) is 4.56. The highest BCUT2D eigenvalue weighted by molar-refractivity contribution is 7.80. The molecule has 0 aliphatic heterocycles. The number of thiocarbonyl (C=S) groups is 1. The van der Waals surface area contributed by atoms with E-state index in [4.69, 9.17) is 29.6 Å². The minimum absolute atomic E-state index is 0.296. The molecule has 0 fully saturated rings. The van der Waals surface area contributed by atoms with Crippen LogP contribution in [0.2, 0.25) is 5.02 Å². The Morgan fingerprint density at radius 1 is 1.53 bits per heavy atom. The third kappa shape index (κ3) is 3.24. The number of nitrogens with one attached hydrogen (secondary N) is 1. The van der Waals surface area contributed by atoms with E-state index in [1.807, 2.05) is 29.9 Å². The summed E-state index contributed by atoms with van der Waals surface area (Å²) in [6.07, 6.45) is 4.52. The van der Waals surface area contributed by atoms with Gasteiger partial charge in [0.2, 0.25) is 0 Å². The molecule has 0 amide bonds.